The van der Waals surface area contributed by atoms with Crippen molar-refractivity contribution in [3.05, 3.63) is 65.8 Å². The zero-order valence-electron chi connectivity index (χ0n) is 12.4. The van der Waals surface area contributed by atoms with Gasteiger partial charge in [0.1, 0.15) is 0 Å². The number of allylic oxidation sites excluding steroid dienone is 4. The minimum Gasteiger partial charge on any atom is -0.103 e. The molecule has 102 valence electrons. The van der Waals surface area contributed by atoms with Crippen LogP contribution in [0.4, 0.5) is 0 Å². The lowest BCUT2D eigenvalue weighted by Crippen LogP contribution is -1.81. The van der Waals surface area contributed by atoms with Gasteiger partial charge in [0.15, 0.2) is 0 Å². The summed E-state index contributed by atoms with van der Waals surface area (Å²) in [4.78, 5) is 0. The van der Waals surface area contributed by atoms with Crippen molar-refractivity contribution >= 4 is 6.08 Å². The van der Waals surface area contributed by atoms with E-state index in [1.165, 1.54) is 23.1 Å². The van der Waals surface area contributed by atoms with Gasteiger partial charge in [0.05, 0.1) is 0 Å². The quantitative estimate of drug-likeness (QED) is 0.389. The Kier molecular flexibility index (Phi) is 7.65. The van der Waals surface area contributed by atoms with Crippen LogP contribution in [0, 0.1) is 6.92 Å². The van der Waals surface area contributed by atoms with E-state index >= 15 is 0 Å². The average Bonchev–Trinajstić information content (AvgIpc) is 2.43. The van der Waals surface area contributed by atoms with Crippen LogP contribution in [0.3, 0.4) is 0 Å². The first kappa shape index (κ1) is 15.5. The Morgan fingerprint density at radius 3 is 2.47 bits per heavy atom. The molecular formula is C19H26. The van der Waals surface area contributed by atoms with Gasteiger partial charge in [-0.3, -0.25) is 0 Å². The smallest absolute Gasteiger partial charge is 0.0136 e. The first-order valence-electron chi connectivity index (χ1n) is 7.28. The molecule has 1 aromatic rings. The molecule has 0 aliphatic rings. The largest absolute Gasteiger partial charge is 0.103 e. The van der Waals surface area contributed by atoms with Crippen LogP contribution in [-0.4, -0.2) is 0 Å². The summed E-state index contributed by atoms with van der Waals surface area (Å²) < 4.78 is 0. The molecule has 0 bridgehead atoms. The predicted molar refractivity (Wildman–Crippen MR) is 87.3 cm³/mol. The molecule has 1 aromatic carbocycles. The standard InChI is InChI=1S/C19H26/c1-4-6-7-8-9-10-11-18(5-2)16-19-14-12-17(3)13-15-19/h4,9-10,12-16H,1,5-8,11H2,2-3H3/b10-9+,18-16+. The second-order valence-corrected chi connectivity index (χ2v) is 4.96. The Balaban J connectivity index is 2.48. The van der Waals surface area contributed by atoms with Crippen LogP contribution >= 0.6 is 0 Å². The summed E-state index contributed by atoms with van der Waals surface area (Å²) in [5.41, 5.74) is 4.11. The maximum absolute atomic E-state index is 3.74. The molecule has 0 aromatic heterocycles. The molecule has 0 N–H and O–H groups in total. The van der Waals surface area contributed by atoms with E-state index in [-0.39, 0.29) is 0 Å². The number of hydrogen-bond acceptors (Lipinski definition) is 0. The molecule has 0 atom stereocenters. The lowest BCUT2D eigenvalue weighted by atomic mass is 10.0. The highest BCUT2D eigenvalue weighted by molar-refractivity contribution is 5.53. The zero-order valence-corrected chi connectivity index (χ0v) is 12.4. The lowest BCUT2D eigenvalue weighted by Gasteiger charge is -2.02. The van der Waals surface area contributed by atoms with Gasteiger partial charge in [-0.2, -0.15) is 0 Å². The highest BCUT2D eigenvalue weighted by Crippen LogP contribution is 2.14. The van der Waals surface area contributed by atoms with Crippen LogP contribution in [-0.2, 0) is 0 Å². The summed E-state index contributed by atoms with van der Waals surface area (Å²) in [6.07, 6.45) is 14.6. The molecule has 0 fully saturated rings. The summed E-state index contributed by atoms with van der Waals surface area (Å²) in [6.45, 7) is 8.09. The van der Waals surface area contributed by atoms with E-state index in [2.05, 4.69) is 62.9 Å². The number of unbranched alkanes of at least 4 members (excludes halogenated alkanes) is 2. The molecule has 19 heavy (non-hydrogen) atoms. The molecule has 1 rings (SSSR count). The van der Waals surface area contributed by atoms with Gasteiger partial charge >= 0.3 is 0 Å². The molecule has 0 aliphatic carbocycles. The minimum absolute atomic E-state index is 1.07. The molecule has 0 unspecified atom stereocenters. The van der Waals surface area contributed by atoms with Gasteiger partial charge in [0, 0.05) is 0 Å². The van der Waals surface area contributed by atoms with Gasteiger partial charge in [-0.05, 0) is 44.6 Å². The molecule has 0 radical (unpaired) electrons. The van der Waals surface area contributed by atoms with Crippen molar-refractivity contribution < 1.29 is 0 Å². The molecule has 0 saturated heterocycles. The first-order chi connectivity index (χ1) is 9.26. The molecule has 0 nitrogen and oxygen atoms in total. The fourth-order valence-corrected chi connectivity index (χ4v) is 1.94. The van der Waals surface area contributed by atoms with E-state index in [0.717, 1.165) is 25.7 Å². The van der Waals surface area contributed by atoms with Crippen LogP contribution in [0.2, 0.25) is 0 Å². The second kappa shape index (κ2) is 9.38. The highest BCUT2D eigenvalue weighted by Gasteiger charge is 1.93. The maximum Gasteiger partial charge on any atom is -0.0136 e. The van der Waals surface area contributed by atoms with Gasteiger partial charge in [-0.25, -0.2) is 0 Å². The summed E-state index contributed by atoms with van der Waals surface area (Å²) in [5, 5.41) is 0. The van der Waals surface area contributed by atoms with E-state index in [1.807, 2.05) is 6.08 Å². The van der Waals surface area contributed by atoms with Crippen LogP contribution < -0.4 is 0 Å². The lowest BCUT2D eigenvalue weighted by molar-refractivity contribution is 0.866. The van der Waals surface area contributed by atoms with Gasteiger partial charge in [0.25, 0.3) is 0 Å². The summed E-state index contributed by atoms with van der Waals surface area (Å²) in [7, 11) is 0. The first-order valence-corrected chi connectivity index (χ1v) is 7.28. The minimum atomic E-state index is 1.07. The normalized spacial score (nSPS) is 12.0. The van der Waals surface area contributed by atoms with E-state index in [4.69, 9.17) is 0 Å². The van der Waals surface area contributed by atoms with Crippen molar-refractivity contribution in [2.75, 3.05) is 0 Å². The summed E-state index contributed by atoms with van der Waals surface area (Å²) in [5.74, 6) is 0. The molecule has 0 saturated carbocycles. The highest BCUT2D eigenvalue weighted by atomic mass is 14.0. The van der Waals surface area contributed by atoms with Crippen molar-refractivity contribution in [1.29, 1.82) is 0 Å². The molecule has 0 heteroatoms. The Bertz CT molecular complexity index is 418. The zero-order chi connectivity index (χ0) is 13.9. The van der Waals surface area contributed by atoms with Crippen LogP contribution in [0.1, 0.15) is 50.2 Å². The molecular weight excluding hydrogens is 228 g/mol. The predicted octanol–water partition coefficient (Wildman–Crippen LogP) is 6.09. The van der Waals surface area contributed by atoms with Crippen molar-refractivity contribution in [1.82, 2.24) is 0 Å². The summed E-state index contributed by atoms with van der Waals surface area (Å²) in [6, 6.07) is 8.73. The third kappa shape index (κ3) is 6.81. The molecule has 0 spiro atoms. The van der Waals surface area contributed by atoms with Gasteiger partial charge in [0.2, 0.25) is 0 Å². The summed E-state index contributed by atoms with van der Waals surface area (Å²) >= 11 is 0. The molecule has 0 aliphatic heterocycles. The molecule has 0 amide bonds. The monoisotopic (exact) mass is 254 g/mol. The van der Waals surface area contributed by atoms with Crippen molar-refractivity contribution in [2.45, 2.75) is 46.0 Å². The third-order valence-electron chi connectivity index (χ3n) is 3.23. The van der Waals surface area contributed by atoms with Gasteiger partial charge in [-0.15, -0.1) is 6.58 Å². The maximum atomic E-state index is 3.74. The average molecular weight is 254 g/mol. The third-order valence-corrected chi connectivity index (χ3v) is 3.23. The van der Waals surface area contributed by atoms with E-state index in [1.54, 1.807) is 0 Å². The van der Waals surface area contributed by atoms with Crippen LogP contribution in [0.5, 0.6) is 0 Å². The van der Waals surface area contributed by atoms with E-state index < -0.39 is 0 Å². The number of benzene rings is 1. The van der Waals surface area contributed by atoms with E-state index in [0.29, 0.717) is 0 Å². The van der Waals surface area contributed by atoms with Crippen molar-refractivity contribution in [3.63, 3.8) is 0 Å². The number of hydrogen-bond donors (Lipinski definition) is 0. The van der Waals surface area contributed by atoms with Crippen LogP contribution in [0.25, 0.3) is 6.08 Å². The van der Waals surface area contributed by atoms with Gasteiger partial charge in [-0.1, -0.05) is 66.6 Å². The van der Waals surface area contributed by atoms with Crippen LogP contribution in [0.15, 0.2) is 54.6 Å². The SMILES string of the molecule is C=CCCC/C=C/C/C(=C/c1ccc(C)cc1)CC. The second-order valence-electron chi connectivity index (χ2n) is 4.96. The fraction of sp³-hybridized carbons (Fsp3) is 0.368. The Morgan fingerprint density at radius 1 is 1.11 bits per heavy atom. The number of rotatable bonds is 8. The van der Waals surface area contributed by atoms with E-state index in [9.17, 15) is 0 Å². The van der Waals surface area contributed by atoms with Crippen molar-refractivity contribution in [2.24, 2.45) is 0 Å². The molecule has 0 heterocycles. The topological polar surface area (TPSA) is 0 Å². The van der Waals surface area contributed by atoms with Gasteiger partial charge < -0.3 is 0 Å². The Morgan fingerprint density at radius 2 is 1.84 bits per heavy atom. The number of aryl methyl sites for hydroxylation is 1. The fourth-order valence-electron chi connectivity index (χ4n) is 1.94. The Labute approximate surface area is 118 Å². The Hall–Kier alpha value is -1.56. The van der Waals surface area contributed by atoms with Crippen molar-refractivity contribution in [3.8, 4) is 0 Å².